The van der Waals surface area contributed by atoms with Gasteiger partial charge in [0.2, 0.25) is 0 Å². The van der Waals surface area contributed by atoms with Crippen LogP contribution in [0.3, 0.4) is 0 Å². The number of aliphatic imine (C=N–C) groups is 1. The molecule has 0 aliphatic carbocycles. The summed E-state index contributed by atoms with van der Waals surface area (Å²) in [5.41, 5.74) is 0. The highest BCUT2D eigenvalue weighted by atomic mass is 19.3. The smallest absolute Gasteiger partial charge is 0.251 e. The van der Waals surface area contributed by atoms with Gasteiger partial charge in [0.15, 0.2) is 17.6 Å². The van der Waals surface area contributed by atoms with Crippen LogP contribution in [0.5, 0.6) is 5.75 Å². The third-order valence-corrected chi connectivity index (χ3v) is 4.10. The van der Waals surface area contributed by atoms with E-state index in [9.17, 15) is 17.6 Å². The quantitative estimate of drug-likeness (QED) is 0.332. The molecule has 146 valence electrons. The number of piperidine rings is 1. The zero-order chi connectivity index (χ0) is 18.9. The molecule has 1 fully saturated rings. The zero-order valence-corrected chi connectivity index (χ0v) is 14.7. The van der Waals surface area contributed by atoms with Crippen molar-refractivity contribution in [1.82, 2.24) is 15.5 Å². The van der Waals surface area contributed by atoms with Gasteiger partial charge in [0.1, 0.15) is 12.4 Å². The fourth-order valence-electron chi connectivity index (χ4n) is 2.75. The third-order valence-electron chi connectivity index (χ3n) is 4.10. The second-order valence-electron chi connectivity index (χ2n) is 6.03. The van der Waals surface area contributed by atoms with Crippen molar-refractivity contribution < 1.29 is 22.3 Å². The SMILES string of the molecule is CN=C(NCCOc1ccc(F)c(F)c1)NC1CCN(CC(F)F)CC1. The molecule has 1 aromatic carbocycles. The van der Waals surface area contributed by atoms with Gasteiger partial charge in [-0.15, -0.1) is 0 Å². The third kappa shape index (κ3) is 6.70. The van der Waals surface area contributed by atoms with Crippen LogP contribution in [-0.4, -0.2) is 63.2 Å². The Hall–Kier alpha value is -2.03. The van der Waals surface area contributed by atoms with Crippen molar-refractivity contribution in [2.24, 2.45) is 4.99 Å². The molecule has 0 saturated carbocycles. The van der Waals surface area contributed by atoms with Crippen LogP contribution in [0.4, 0.5) is 17.6 Å². The molecule has 1 saturated heterocycles. The predicted molar refractivity (Wildman–Crippen MR) is 91.8 cm³/mol. The van der Waals surface area contributed by atoms with Crippen LogP contribution >= 0.6 is 0 Å². The topological polar surface area (TPSA) is 48.9 Å². The first kappa shape index (κ1) is 20.3. The average molecular weight is 376 g/mol. The van der Waals surface area contributed by atoms with Crippen LogP contribution < -0.4 is 15.4 Å². The van der Waals surface area contributed by atoms with E-state index in [0.717, 1.165) is 25.0 Å². The molecule has 0 atom stereocenters. The molecule has 1 aromatic rings. The molecule has 9 heteroatoms. The Kier molecular flexibility index (Phi) is 7.96. The molecule has 2 rings (SSSR count). The van der Waals surface area contributed by atoms with Gasteiger partial charge in [0.25, 0.3) is 6.43 Å². The molecule has 0 radical (unpaired) electrons. The molecule has 1 heterocycles. The van der Waals surface area contributed by atoms with Gasteiger partial charge in [-0.1, -0.05) is 0 Å². The summed E-state index contributed by atoms with van der Waals surface area (Å²) < 4.78 is 56.0. The highest BCUT2D eigenvalue weighted by Gasteiger charge is 2.21. The van der Waals surface area contributed by atoms with E-state index in [1.165, 1.54) is 6.07 Å². The average Bonchev–Trinajstić information content (AvgIpc) is 2.61. The van der Waals surface area contributed by atoms with E-state index in [4.69, 9.17) is 4.74 Å². The summed E-state index contributed by atoms with van der Waals surface area (Å²) in [5, 5.41) is 6.32. The van der Waals surface area contributed by atoms with Gasteiger partial charge in [0.05, 0.1) is 13.1 Å². The maximum absolute atomic E-state index is 13.1. The minimum Gasteiger partial charge on any atom is -0.492 e. The van der Waals surface area contributed by atoms with Gasteiger partial charge in [-0.3, -0.25) is 9.89 Å². The number of nitrogens with one attached hydrogen (secondary N) is 2. The Morgan fingerprint density at radius 1 is 1.27 bits per heavy atom. The van der Waals surface area contributed by atoms with Crippen LogP contribution in [0.25, 0.3) is 0 Å². The molecule has 5 nitrogen and oxygen atoms in total. The van der Waals surface area contributed by atoms with Gasteiger partial charge in [-0.2, -0.15) is 0 Å². The molecule has 0 spiro atoms. The van der Waals surface area contributed by atoms with E-state index < -0.39 is 18.1 Å². The predicted octanol–water partition coefficient (Wildman–Crippen LogP) is 2.24. The molecule has 1 aliphatic heterocycles. The van der Waals surface area contributed by atoms with Crippen molar-refractivity contribution in [3.8, 4) is 5.75 Å². The summed E-state index contributed by atoms with van der Waals surface area (Å²) in [4.78, 5) is 5.87. The largest absolute Gasteiger partial charge is 0.492 e. The number of halogens is 4. The van der Waals surface area contributed by atoms with Crippen molar-refractivity contribution in [2.45, 2.75) is 25.3 Å². The van der Waals surface area contributed by atoms with E-state index in [0.29, 0.717) is 25.6 Å². The second-order valence-corrected chi connectivity index (χ2v) is 6.03. The van der Waals surface area contributed by atoms with Crippen molar-refractivity contribution >= 4 is 5.96 Å². The maximum Gasteiger partial charge on any atom is 0.251 e. The first-order valence-electron chi connectivity index (χ1n) is 8.53. The van der Waals surface area contributed by atoms with E-state index in [1.54, 1.807) is 11.9 Å². The minimum absolute atomic E-state index is 0.169. The van der Waals surface area contributed by atoms with Crippen LogP contribution in [-0.2, 0) is 0 Å². The number of guanidine groups is 1. The lowest BCUT2D eigenvalue weighted by Crippen LogP contribution is -2.49. The molecule has 0 bridgehead atoms. The fourth-order valence-corrected chi connectivity index (χ4v) is 2.75. The normalized spacial score (nSPS) is 16.8. The molecule has 1 aliphatic rings. The molecule has 26 heavy (non-hydrogen) atoms. The fraction of sp³-hybridized carbons (Fsp3) is 0.588. The lowest BCUT2D eigenvalue weighted by molar-refractivity contribution is 0.0744. The Morgan fingerprint density at radius 3 is 2.62 bits per heavy atom. The summed E-state index contributed by atoms with van der Waals surface area (Å²) >= 11 is 0. The molecule has 0 amide bonds. The number of hydrogen-bond donors (Lipinski definition) is 2. The number of ether oxygens (including phenoxy) is 1. The number of benzene rings is 1. The van der Waals surface area contributed by atoms with Crippen LogP contribution in [0.2, 0.25) is 0 Å². The molecular formula is C17H24F4N4O. The zero-order valence-electron chi connectivity index (χ0n) is 14.7. The Bertz CT molecular complexity index is 592. The van der Waals surface area contributed by atoms with Crippen LogP contribution in [0.1, 0.15) is 12.8 Å². The minimum atomic E-state index is -2.30. The van der Waals surface area contributed by atoms with E-state index in [1.807, 2.05) is 0 Å². The van der Waals surface area contributed by atoms with Gasteiger partial charge in [-0.25, -0.2) is 17.6 Å². The van der Waals surface area contributed by atoms with Crippen LogP contribution in [0, 0.1) is 11.6 Å². The Labute approximate surface area is 150 Å². The van der Waals surface area contributed by atoms with Crippen molar-refractivity contribution in [2.75, 3.05) is 39.8 Å². The second kappa shape index (κ2) is 10.2. The Balaban J connectivity index is 1.66. The highest BCUT2D eigenvalue weighted by Crippen LogP contribution is 2.15. The van der Waals surface area contributed by atoms with E-state index in [2.05, 4.69) is 15.6 Å². The van der Waals surface area contributed by atoms with E-state index >= 15 is 0 Å². The van der Waals surface area contributed by atoms with Gasteiger partial charge in [0, 0.05) is 32.2 Å². The standard InChI is InChI=1S/C17H24F4N4O/c1-22-17(24-12-4-7-25(8-5-12)11-16(20)21)23-6-9-26-13-2-3-14(18)15(19)10-13/h2-3,10,12,16H,4-9,11H2,1H3,(H2,22,23,24). The summed E-state index contributed by atoms with van der Waals surface area (Å²) in [5.74, 6) is -1.03. The first-order valence-corrected chi connectivity index (χ1v) is 8.53. The number of likely N-dealkylation sites (tertiary alicyclic amines) is 1. The van der Waals surface area contributed by atoms with E-state index in [-0.39, 0.29) is 24.9 Å². The highest BCUT2D eigenvalue weighted by molar-refractivity contribution is 5.79. The van der Waals surface area contributed by atoms with Gasteiger partial charge < -0.3 is 15.4 Å². The van der Waals surface area contributed by atoms with Crippen molar-refractivity contribution in [3.05, 3.63) is 29.8 Å². The maximum atomic E-state index is 13.1. The summed E-state index contributed by atoms with van der Waals surface area (Å²) in [6.45, 7) is 1.74. The number of hydrogen-bond acceptors (Lipinski definition) is 3. The molecule has 0 unspecified atom stereocenters. The van der Waals surface area contributed by atoms with Crippen molar-refractivity contribution in [1.29, 1.82) is 0 Å². The first-order chi connectivity index (χ1) is 12.5. The number of alkyl halides is 2. The lowest BCUT2D eigenvalue weighted by atomic mass is 10.1. The number of nitrogens with zero attached hydrogens (tertiary/aromatic N) is 2. The van der Waals surface area contributed by atoms with Gasteiger partial charge in [-0.05, 0) is 25.0 Å². The van der Waals surface area contributed by atoms with Crippen molar-refractivity contribution in [3.63, 3.8) is 0 Å². The summed E-state index contributed by atoms with van der Waals surface area (Å²) in [6, 6.07) is 3.54. The molecule has 2 N–H and O–H groups in total. The summed E-state index contributed by atoms with van der Waals surface area (Å²) in [6.07, 6.45) is -0.777. The van der Waals surface area contributed by atoms with Crippen LogP contribution in [0.15, 0.2) is 23.2 Å². The van der Waals surface area contributed by atoms with Gasteiger partial charge >= 0.3 is 0 Å². The summed E-state index contributed by atoms with van der Waals surface area (Å²) in [7, 11) is 1.64. The monoisotopic (exact) mass is 376 g/mol. The molecular weight excluding hydrogens is 352 g/mol. The molecule has 0 aromatic heterocycles. The Morgan fingerprint density at radius 2 is 2.00 bits per heavy atom. The number of rotatable bonds is 7. The lowest BCUT2D eigenvalue weighted by Gasteiger charge is -2.32.